The number of nitrogens with zero attached hydrogens (tertiary/aromatic N) is 1. The van der Waals surface area contributed by atoms with Gasteiger partial charge in [0.1, 0.15) is 5.82 Å². The minimum absolute atomic E-state index is 0.0363. The Morgan fingerprint density at radius 1 is 1.04 bits per heavy atom. The highest BCUT2D eigenvalue weighted by Gasteiger charge is 2.16. The fourth-order valence-electron chi connectivity index (χ4n) is 3.51. The Hall–Kier alpha value is -2.76. The molecule has 1 aromatic heterocycles. The molecule has 6 heteroatoms. The number of benzene rings is 1. The number of hydrogen-bond donors (Lipinski definition) is 2. The molecule has 0 bridgehead atoms. The Labute approximate surface area is 166 Å². The second-order valence-electron chi connectivity index (χ2n) is 7.14. The summed E-state index contributed by atoms with van der Waals surface area (Å²) in [4.78, 5) is 16.8. The third kappa shape index (κ3) is 5.38. The highest BCUT2D eigenvalue weighted by molar-refractivity contribution is 5.94. The van der Waals surface area contributed by atoms with Crippen molar-refractivity contribution >= 4 is 11.7 Å². The van der Waals surface area contributed by atoms with Crippen molar-refractivity contribution in [2.24, 2.45) is 0 Å². The Balaban J connectivity index is 1.54. The fourth-order valence-corrected chi connectivity index (χ4v) is 3.51. The molecule has 0 spiro atoms. The molecule has 1 heterocycles. The zero-order valence-corrected chi connectivity index (χ0v) is 16.7. The number of anilines is 1. The van der Waals surface area contributed by atoms with E-state index < -0.39 is 0 Å². The van der Waals surface area contributed by atoms with Gasteiger partial charge in [0.05, 0.1) is 19.8 Å². The number of rotatable bonds is 7. The molecule has 6 nitrogen and oxygen atoms in total. The molecular weight excluding hydrogens is 354 g/mol. The number of carbonyl (C=O) groups is 1. The normalized spacial score (nSPS) is 14.8. The first-order chi connectivity index (χ1) is 13.7. The Morgan fingerprint density at radius 2 is 1.79 bits per heavy atom. The van der Waals surface area contributed by atoms with E-state index in [9.17, 15) is 4.79 Å². The smallest absolute Gasteiger partial charge is 0.253 e. The van der Waals surface area contributed by atoms with Gasteiger partial charge in [-0.1, -0.05) is 31.7 Å². The average molecular weight is 383 g/mol. The maximum absolute atomic E-state index is 12.4. The Kier molecular flexibility index (Phi) is 7.12. The predicted octanol–water partition coefficient (Wildman–Crippen LogP) is 4.16. The van der Waals surface area contributed by atoms with Gasteiger partial charge in [-0.2, -0.15) is 0 Å². The van der Waals surface area contributed by atoms with Crippen LogP contribution in [0.2, 0.25) is 0 Å². The summed E-state index contributed by atoms with van der Waals surface area (Å²) >= 11 is 0. The zero-order valence-electron chi connectivity index (χ0n) is 16.7. The number of hydrogen-bond acceptors (Lipinski definition) is 5. The van der Waals surface area contributed by atoms with Crippen molar-refractivity contribution in [2.45, 2.75) is 51.1 Å². The molecule has 0 aliphatic heterocycles. The number of aromatic nitrogens is 1. The largest absolute Gasteiger partial charge is 0.493 e. The fraction of sp³-hybridized carbons (Fsp3) is 0.455. The Morgan fingerprint density at radius 3 is 2.43 bits per heavy atom. The van der Waals surface area contributed by atoms with Gasteiger partial charge in [0.15, 0.2) is 11.5 Å². The Bertz CT molecular complexity index is 769. The van der Waals surface area contributed by atoms with Crippen molar-refractivity contribution in [3.05, 3.63) is 47.7 Å². The van der Waals surface area contributed by atoms with Gasteiger partial charge in [0, 0.05) is 18.8 Å². The number of nitrogens with one attached hydrogen (secondary N) is 2. The van der Waals surface area contributed by atoms with Crippen LogP contribution in [-0.2, 0) is 6.54 Å². The van der Waals surface area contributed by atoms with E-state index >= 15 is 0 Å². The van der Waals surface area contributed by atoms with Gasteiger partial charge >= 0.3 is 0 Å². The summed E-state index contributed by atoms with van der Waals surface area (Å²) in [5.41, 5.74) is 1.65. The molecule has 1 amide bonds. The van der Waals surface area contributed by atoms with Crippen LogP contribution in [0.25, 0.3) is 0 Å². The zero-order chi connectivity index (χ0) is 19.8. The van der Waals surface area contributed by atoms with Crippen LogP contribution in [0.5, 0.6) is 11.5 Å². The van der Waals surface area contributed by atoms with Gasteiger partial charge in [-0.15, -0.1) is 0 Å². The van der Waals surface area contributed by atoms with Gasteiger partial charge < -0.3 is 20.1 Å². The second-order valence-corrected chi connectivity index (χ2v) is 7.14. The number of carbonyl (C=O) groups excluding carboxylic acids is 1. The predicted molar refractivity (Wildman–Crippen MR) is 110 cm³/mol. The van der Waals surface area contributed by atoms with E-state index in [-0.39, 0.29) is 11.9 Å². The van der Waals surface area contributed by atoms with Gasteiger partial charge in [-0.3, -0.25) is 4.79 Å². The van der Waals surface area contributed by atoms with E-state index in [4.69, 9.17) is 9.47 Å². The van der Waals surface area contributed by atoms with E-state index in [1.165, 1.54) is 25.7 Å². The molecule has 0 unspecified atom stereocenters. The third-order valence-corrected chi connectivity index (χ3v) is 5.14. The average Bonchev–Trinajstić information content (AvgIpc) is 3.01. The van der Waals surface area contributed by atoms with Gasteiger partial charge in [-0.05, 0) is 42.7 Å². The molecule has 1 aliphatic carbocycles. The quantitative estimate of drug-likeness (QED) is 0.702. The summed E-state index contributed by atoms with van der Waals surface area (Å²) in [6.45, 7) is 0.598. The van der Waals surface area contributed by atoms with Gasteiger partial charge in [0.2, 0.25) is 0 Å². The van der Waals surface area contributed by atoms with Gasteiger partial charge in [-0.25, -0.2) is 4.98 Å². The number of amides is 1. The molecule has 2 N–H and O–H groups in total. The van der Waals surface area contributed by atoms with E-state index in [1.54, 1.807) is 20.4 Å². The van der Waals surface area contributed by atoms with Crippen molar-refractivity contribution in [3.8, 4) is 11.5 Å². The second kappa shape index (κ2) is 9.97. The summed E-state index contributed by atoms with van der Waals surface area (Å²) in [5.74, 6) is 2.08. The molecule has 3 rings (SSSR count). The minimum Gasteiger partial charge on any atom is -0.493 e. The van der Waals surface area contributed by atoms with Crippen molar-refractivity contribution in [1.29, 1.82) is 0 Å². The molecule has 150 valence electrons. The lowest BCUT2D eigenvalue weighted by molar-refractivity contribution is 0.0933. The van der Waals surface area contributed by atoms with Crippen molar-refractivity contribution < 1.29 is 14.3 Å². The molecule has 1 aromatic carbocycles. The lowest BCUT2D eigenvalue weighted by Crippen LogP contribution is -2.34. The van der Waals surface area contributed by atoms with Crippen molar-refractivity contribution in [2.75, 3.05) is 19.5 Å². The molecule has 0 saturated heterocycles. The SMILES string of the molecule is COc1ccc(CNc2ccc(C(=O)NC3CCCCCC3)cn2)cc1OC. The highest BCUT2D eigenvalue weighted by Crippen LogP contribution is 2.27. The monoisotopic (exact) mass is 383 g/mol. The van der Waals surface area contributed by atoms with E-state index in [0.717, 1.165) is 24.2 Å². The number of pyridine rings is 1. The summed E-state index contributed by atoms with van der Waals surface area (Å²) in [6, 6.07) is 9.73. The molecule has 1 fully saturated rings. The molecule has 1 saturated carbocycles. The maximum atomic E-state index is 12.4. The molecular formula is C22H29N3O3. The third-order valence-electron chi connectivity index (χ3n) is 5.14. The first-order valence-electron chi connectivity index (χ1n) is 9.91. The van der Waals surface area contributed by atoms with Crippen LogP contribution in [0, 0.1) is 0 Å². The first-order valence-corrected chi connectivity index (χ1v) is 9.91. The van der Waals surface area contributed by atoms with Crippen LogP contribution in [-0.4, -0.2) is 31.2 Å². The summed E-state index contributed by atoms with van der Waals surface area (Å²) in [7, 11) is 3.24. The van der Waals surface area contributed by atoms with Crippen molar-refractivity contribution in [1.82, 2.24) is 10.3 Å². The summed E-state index contributed by atoms with van der Waals surface area (Å²) in [6.07, 6.45) is 8.71. The molecule has 1 aliphatic rings. The summed E-state index contributed by atoms with van der Waals surface area (Å²) < 4.78 is 10.6. The molecule has 2 aromatic rings. The van der Waals surface area contributed by atoms with Crippen LogP contribution < -0.4 is 20.1 Å². The lowest BCUT2D eigenvalue weighted by Gasteiger charge is -2.16. The highest BCUT2D eigenvalue weighted by atomic mass is 16.5. The van der Waals surface area contributed by atoms with Crippen molar-refractivity contribution in [3.63, 3.8) is 0 Å². The van der Waals surface area contributed by atoms with Crippen LogP contribution in [0.15, 0.2) is 36.5 Å². The van der Waals surface area contributed by atoms with Crippen LogP contribution in [0.3, 0.4) is 0 Å². The molecule has 0 atom stereocenters. The molecule has 0 radical (unpaired) electrons. The van der Waals surface area contributed by atoms with Crippen LogP contribution >= 0.6 is 0 Å². The van der Waals surface area contributed by atoms with E-state index in [2.05, 4.69) is 15.6 Å². The van der Waals surface area contributed by atoms with Gasteiger partial charge in [0.25, 0.3) is 5.91 Å². The summed E-state index contributed by atoms with van der Waals surface area (Å²) in [5, 5.41) is 6.42. The van der Waals surface area contributed by atoms with E-state index in [1.807, 2.05) is 30.3 Å². The standard InChI is InChI=1S/C22H29N3O3/c1-27-19-11-9-16(13-20(19)28-2)14-23-21-12-10-17(15-24-21)22(26)25-18-7-5-3-4-6-8-18/h9-13,15,18H,3-8,14H2,1-2H3,(H,23,24)(H,25,26). The minimum atomic E-state index is -0.0363. The maximum Gasteiger partial charge on any atom is 0.253 e. The van der Waals surface area contributed by atoms with Crippen LogP contribution in [0.1, 0.15) is 54.4 Å². The topological polar surface area (TPSA) is 72.5 Å². The van der Waals surface area contributed by atoms with E-state index in [0.29, 0.717) is 23.6 Å². The number of ether oxygens (including phenoxy) is 2. The lowest BCUT2D eigenvalue weighted by atomic mass is 10.1. The molecule has 28 heavy (non-hydrogen) atoms. The first kappa shape index (κ1) is 20.0. The van der Waals surface area contributed by atoms with Crippen LogP contribution in [0.4, 0.5) is 5.82 Å². The number of methoxy groups -OCH3 is 2.